The minimum atomic E-state index is -0.754. The summed E-state index contributed by atoms with van der Waals surface area (Å²) in [6, 6.07) is 5.71. The zero-order chi connectivity index (χ0) is 23.6. The summed E-state index contributed by atoms with van der Waals surface area (Å²) in [5.74, 6) is -0.751. The molecule has 2 heterocycles. The fraction of sp³-hybridized carbons (Fsp3) is 0.500. The fourth-order valence-electron chi connectivity index (χ4n) is 3.97. The van der Waals surface area contributed by atoms with Gasteiger partial charge in [0.2, 0.25) is 17.7 Å². The molecule has 1 fully saturated rings. The van der Waals surface area contributed by atoms with Crippen molar-refractivity contribution in [1.82, 2.24) is 25.2 Å². The number of β-amino-alcohol motifs (C(OH)–C–C–N with tert-alkyl or cyclic N) is 1. The summed E-state index contributed by atoms with van der Waals surface area (Å²) >= 11 is 0. The van der Waals surface area contributed by atoms with Crippen LogP contribution in [0.15, 0.2) is 30.5 Å². The maximum atomic E-state index is 13.6. The van der Waals surface area contributed by atoms with Crippen LogP contribution in [-0.4, -0.2) is 68.5 Å². The maximum Gasteiger partial charge on any atom is 0.248 e. The van der Waals surface area contributed by atoms with E-state index >= 15 is 0 Å². The van der Waals surface area contributed by atoms with Gasteiger partial charge in [0.25, 0.3) is 0 Å². The summed E-state index contributed by atoms with van der Waals surface area (Å²) in [6.45, 7) is 7.29. The first-order valence-corrected chi connectivity index (χ1v) is 10.5. The van der Waals surface area contributed by atoms with Gasteiger partial charge in [0.05, 0.1) is 12.3 Å². The summed E-state index contributed by atoms with van der Waals surface area (Å²) in [4.78, 5) is 38.5. The van der Waals surface area contributed by atoms with E-state index in [1.807, 2.05) is 32.9 Å². The van der Waals surface area contributed by atoms with Crippen molar-refractivity contribution >= 4 is 23.4 Å². The summed E-state index contributed by atoms with van der Waals surface area (Å²) in [7, 11) is 1.51. The van der Waals surface area contributed by atoms with Gasteiger partial charge in [-0.15, -0.1) is 5.10 Å². The molecule has 0 spiro atoms. The average molecular weight is 443 g/mol. The van der Waals surface area contributed by atoms with Crippen molar-refractivity contribution in [2.45, 2.75) is 52.3 Å². The molecular formula is C22H30N6O4. The third kappa shape index (κ3) is 4.96. The van der Waals surface area contributed by atoms with E-state index in [0.29, 0.717) is 11.4 Å². The molecular weight excluding hydrogens is 412 g/mol. The van der Waals surface area contributed by atoms with Crippen molar-refractivity contribution in [3.8, 4) is 11.3 Å². The first-order chi connectivity index (χ1) is 15.0. The van der Waals surface area contributed by atoms with Crippen LogP contribution in [0, 0.1) is 5.41 Å². The molecule has 1 aliphatic rings. The zero-order valence-electron chi connectivity index (χ0n) is 19.0. The molecule has 2 unspecified atom stereocenters. The number of likely N-dealkylation sites (tertiary alicyclic amines) is 1. The van der Waals surface area contributed by atoms with Crippen molar-refractivity contribution in [3.63, 3.8) is 0 Å². The van der Waals surface area contributed by atoms with E-state index in [2.05, 4.69) is 20.9 Å². The predicted octanol–water partition coefficient (Wildman–Crippen LogP) is 1.20. The minimum absolute atomic E-state index is 0.0929. The molecule has 1 aromatic carbocycles. The molecule has 0 radical (unpaired) electrons. The number of nitrogens with zero attached hydrogens (tertiary/aromatic N) is 4. The second kappa shape index (κ2) is 9.07. The molecule has 0 bridgehead atoms. The van der Waals surface area contributed by atoms with Crippen molar-refractivity contribution in [1.29, 1.82) is 0 Å². The third-order valence-electron chi connectivity index (χ3n) is 5.44. The maximum absolute atomic E-state index is 13.6. The van der Waals surface area contributed by atoms with Gasteiger partial charge in [-0.25, -0.2) is 4.68 Å². The van der Waals surface area contributed by atoms with Gasteiger partial charge in [-0.3, -0.25) is 14.4 Å². The molecule has 3 rings (SSSR count). The number of aliphatic hydroxyl groups is 1. The summed E-state index contributed by atoms with van der Waals surface area (Å²) in [5.41, 5.74) is 1.50. The van der Waals surface area contributed by atoms with Gasteiger partial charge in [-0.1, -0.05) is 38.1 Å². The highest BCUT2D eigenvalue weighted by Crippen LogP contribution is 2.35. The first-order valence-electron chi connectivity index (χ1n) is 10.5. The zero-order valence-corrected chi connectivity index (χ0v) is 19.0. The van der Waals surface area contributed by atoms with Crippen molar-refractivity contribution in [3.05, 3.63) is 30.5 Å². The lowest BCUT2D eigenvalue weighted by molar-refractivity contribution is -0.144. The largest absolute Gasteiger partial charge is 0.391 e. The number of anilines is 1. The van der Waals surface area contributed by atoms with E-state index < -0.39 is 23.6 Å². The number of amides is 3. The van der Waals surface area contributed by atoms with Gasteiger partial charge >= 0.3 is 0 Å². The Morgan fingerprint density at radius 1 is 1.19 bits per heavy atom. The van der Waals surface area contributed by atoms with E-state index in [0.717, 1.165) is 5.56 Å². The highest BCUT2D eigenvalue weighted by molar-refractivity contribution is 5.90. The molecule has 32 heavy (non-hydrogen) atoms. The second-order valence-corrected chi connectivity index (χ2v) is 9.12. The van der Waals surface area contributed by atoms with Crippen LogP contribution in [0.3, 0.4) is 0 Å². The number of hydrogen-bond donors (Lipinski definition) is 3. The Morgan fingerprint density at radius 3 is 2.41 bits per heavy atom. The Bertz CT molecular complexity index is 995. The van der Waals surface area contributed by atoms with Gasteiger partial charge in [0, 0.05) is 38.2 Å². The highest BCUT2D eigenvalue weighted by atomic mass is 16.3. The number of carbonyl (C=O) groups excluding carboxylic acids is 3. The number of nitrogens with one attached hydrogen (secondary N) is 2. The Balaban J connectivity index is 1.89. The number of likely N-dealkylation sites (N-methyl/N-ethyl adjacent to an activating group) is 1. The average Bonchev–Trinajstić information content (AvgIpc) is 3.33. The van der Waals surface area contributed by atoms with E-state index in [9.17, 15) is 19.5 Å². The van der Waals surface area contributed by atoms with Crippen LogP contribution in [0.4, 0.5) is 5.69 Å². The number of aliphatic hydroxyl groups excluding tert-OH is 1. The second-order valence-electron chi connectivity index (χ2n) is 9.12. The van der Waals surface area contributed by atoms with Crippen molar-refractivity contribution in [2.75, 3.05) is 18.9 Å². The molecule has 3 N–H and O–H groups in total. The Labute approximate surface area is 187 Å². The Morgan fingerprint density at radius 2 is 1.84 bits per heavy atom. The normalized spacial score (nSPS) is 19.5. The molecule has 10 nitrogen and oxygen atoms in total. The van der Waals surface area contributed by atoms with Crippen LogP contribution in [0.1, 0.15) is 40.2 Å². The number of rotatable bonds is 5. The molecule has 1 aromatic heterocycles. The molecule has 1 aliphatic heterocycles. The highest BCUT2D eigenvalue weighted by Gasteiger charge is 2.45. The van der Waals surface area contributed by atoms with Gasteiger partial charge < -0.3 is 20.6 Å². The molecule has 0 saturated carbocycles. The summed E-state index contributed by atoms with van der Waals surface area (Å²) < 4.78 is 1.52. The fourth-order valence-corrected chi connectivity index (χ4v) is 3.97. The minimum Gasteiger partial charge on any atom is -0.391 e. The smallest absolute Gasteiger partial charge is 0.248 e. The standard InChI is InChI=1S/C22H30N6O4/c1-13(29)24-15-8-6-14(7-9-15)17-12-28(26-25-17)19(22(2,3)4)21(32)27-11-16(30)10-18(27)20(31)23-5/h6-9,12,16,18-19,30H,10-11H2,1-5H3,(H,23,31)(H,24,29)/t16?,18?,19-/m1/s1. The third-order valence-corrected chi connectivity index (χ3v) is 5.44. The van der Waals surface area contributed by atoms with Crippen LogP contribution in [-0.2, 0) is 14.4 Å². The number of hydrogen-bond acceptors (Lipinski definition) is 6. The van der Waals surface area contributed by atoms with Crippen molar-refractivity contribution < 1.29 is 19.5 Å². The van der Waals surface area contributed by atoms with Gasteiger partial charge in [-0.05, 0) is 17.5 Å². The Kier molecular flexibility index (Phi) is 6.63. The summed E-state index contributed by atoms with van der Waals surface area (Å²) in [5, 5.41) is 23.8. The van der Waals surface area contributed by atoms with Gasteiger partial charge in [0.1, 0.15) is 17.8 Å². The number of benzene rings is 1. The van der Waals surface area contributed by atoms with Crippen molar-refractivity contribution in [2.24, 2.45) is 5.41 Å². The first kappa shape index (κ1) is 23.4. The van der Waals surface area contributed by atoms with Crippen LogP contribution in [0.2, 0.25) is 0 Å². The van der Waals surface area contributed by atoms with E-state index in [4.69, 9.17) is 0 Å². The molecule has 10 heteroatoms. The SMILES string of the molecule is CNC(=O)C1CC(O)CN1C(=O)[C@@H](n1cc(-c2ccc(NC(C)=O)cc2)nn1)C(C)(C)C. The molecule has 0 aliphatic carbocycles. The monoisotopic (exact) mass is 442 g/mol. The van der Waals surface area contributed by atoms with E-state index in [-0.39, 0.29) is 30.7 Å². The molecule has 3 atom stereocenters. The predicted molar refractivity (Wildman–Crippen MR) is 118 cm³/mol. The van der Waals surface area contributed by atoms with E-state index in [1.54, 1.807) is 18.3 Å². The van der Waals surface area contributed by atoms with E-state index in [1.165, 1.54) is 23.6 Å². The quantitative estimate of drug-likeness (QED) is 0.638. The van der Waals surface area contributed by atoms with Gasteiger partial charge in [0.15, 0.2) is 0 Å². The van der Waals surface area contributed by atoms with Crippen LogP contribution < -0.4 is 10.6 Å². The molecule has 2 aromatic rings. The molecule has 172 valence electrons. The topological polar surface area (TPSA) is 129 Å². The molecule has 3 amide bonds. The number of aromatic nitrogens is 3. The lowest BCUT2D eigenvalue weighted by Gasteiger charge is -2.34. The lowest BCUT2D eigenvalue weighted by Crippen LogP contribution is -2.49. The van der Waals surface area contributed by atoms with Crippen LogP contribution in [0.25, 0.3) is 11.3 Å². The summed E-state index contributed by atoms with van der Waals surface area (Å²) in [6.07, 6.45) is 1.14. The number of carbonyl (C=O) groups is 3. The van der Waals surface area contributed by atoms with Crippen LogP contribution in [0.5, 0.6) is 0 Å². The Hall–Kier alpha value is -3.27. The lowest BCUT2D eigenvalue weighted by atomic mass is 9.85. The van der Waals surface area contributed by atoms with Gasteiger partial charge in [-0.2, -0.15) is 0 Å². The molecule has 1 saturated heterocycles. The van der Waals surface area contributed by atoms with Crippen LogP contribution >= 0.6 is 0 Å².